The van der Waals surface area contributed by atoms with Crippen molar-refractivity contribution in [3.63, 3.8) is 0 Å². The summed E-state index contributed by atoms with van der Waals surface area (Å²) < 4.78 is 0. The molecule has 1 rings (SSSR count). The molecule has 1 aromatic carbocycles. The van der Waals surface area contributed by atoms with Gasteiger partial charge in [-0.25, -0.2) is 4.79 Å². The van der Waals surface area contributed by atoms with Crippen molar-refractivity contribution in [2.75, 3.05) is 0 Å². The highest BCUT2D eigenvalue weighted by atomic mass is 16.4. The predicted molar refractivity (Wildman–Crippen MR) is 61.3 cm³/mol. The Morgan fingerprint density at radius 2 is 1.62 bits per heavy atom. The minimum atomic E-state index is -1.37. The number of hydrogen-bond donors (Lipinski definition) is 1. The number of carbonyl (C=O) groups excluding carboxylic acids is 1. The SMILES string of the molecule is CC(C)(C)C(C(=O)C(=O)O)c1ccccc1. The fourth-order valence-electron chi connectivity index (χ4n) is 1.81. The summed E-state index contributed by atoms with van der Waals surface area (Å²) in [5.74, 6) is -2.73. The monoisotopic (exact) mass is 220 g/mol. The molecule has 3 nitrogen and oxygen atoms in total. The Labute approximate surface area is 95.1 Å². The van der Waals surface area contributed by atoms with Crippen LogP contribution in [0.5, 0.6) is 0 Å². The fourth-order valence-corrected chi connectivity index (χ4v) is 1.81. The van der Waals surface area contributed by atoms with E-state index in [0.29, 0.717) is 0 Å². The number of carboxylic acids is 1. The minimum Gasteiger partial charge on any atom is -0.475 e. The second-order valence-electron chi connectivity index (χ2n) is 4.88. The summed E-state index contributed by atoms with van der Waals surface area (Å²) in [5.41, 5.74) is 0.346. The molecule has 0 bridgehead atoms. The minimum absolute atomic E-state index is 0.406. The van der Waals surface area contributed by atoms with E-state index in [-0.39, 0.29) is 0 Å². The van der Waals surface area contributed by atoms with Gasteiger partial charge in [-0.15, -0.1) is 0 Å². The third kappa shape index (κ3) is 2.69. The number of carbonyl (C=O) groups is 2. The molecule has 0 spiro atoms. The number of hydrogen-bond acceptors (Lipinski definition) is 2. The molecule has 0 amide bonds. The number of rotatable bonds is 3. The summed E-state index contributed by atoms with van der Waals surface area (Å²) in [4.78, 5) is 22.5. The van der Waals surface area contributed by atoms with E-state index in [1.807, 2.05) is 39.0 Å². The van der Waals surface area contributed by atoms with Crippen LogP contribution in [0.1, 0.15) is 32.3 Å². The van der Waals surface area contributed by atoms with Gasteiger partial charge in [0.2, 0.25) is 5.78 Å². The van der Waals surface area contributed by atoms with Gasteiger partial charge in [0.15, 0.2) is 0 Å². The van der Waals surface area contributed by atoms with Crippen LogP contribution in [0.25, 0.3) is 0 Å². The molecule has 0 aliphatic rings. The first kappa shape index (κ1) is 12.4. The second kappa shape index (κ2) is 4.47. The fraction of sp³-hybridized carbons (Fsp3) is 0.385. The average Bonchev–Trinajstić information content (AvgIpc) is 2.17. The number of ketones is 1. The van der Waals surface area contributed by atoms with Crippen LogP contribution >= 0.6 is 0 Å². The lowest BCUT2D eigenvalue weighted by Gasteiger charge is -2.28. The zero-order chi connectivity index (χ0) is 12.3. The molecule has 1 aromatic rings. The van der Waals surface area contributed by atoms with Crippen LogP contribution in [-0.2, 0) is 9.59 Å². The lowest BCUT2D eigenvalue weighted by molar-refractivity contribution is -0.151. The summed E-state index contributed by atoms with van der Waals surface area (Å²) >= 11 is 0. The van der Waals surface area contributed by atoms with E-state index in [1.165, 1.54) is 0 Å². The Bertz CT molecular complexity index is 387. The third-order valence-corrected chi connectivity index (χ3v) is 2.47. The Balaban J connectivity index is 3.18. The first-order valence-electron chi connectivity index (χ1n) is 5.16. The van der Waals surface area contributed by atoms with E-state index in [2.05, 4.69) is 0 Å². The van der Waals surface area contributed by atoms with E-state index in [0.717, 1.165) is 5.56 Å². The van der Waals surface area contributed by atoms with Crippen LogP contribution < -0.4 is 0 Å². The maximum atomic E-state index is 11.7. The van der Waals surface area contributed by atoms with Gasteiger partial charge in [-0.2, -0.15) is 0 Å². The maximum Gasteiger partial charge on any atom is 0.372 e. The third-order valence-electron chi connectivity index (χ3n) is 2.47. The van der Waals surface area contributed by atoms with Crippen molar-refractivity contribution >= 4 is 11.8 Å². The van der Waals surface area contributed by atoms with Crippen LogP contribution in [0.15, 0.2) is 30.3 Å². The number of aliphatic carboxylic acids is 1. The molecule has 1 unspecified atom stereocenters. The van der Waals surface area contributed by atoms with Gasteiger partial charge in [0.05, 0.1) is 5.92 Å². The summed E-state index contributed by atoms with van der Waals surface area (Å²) in [6.45, 7) is 5.60. The quantitative estimate of drug-likeness (QED) is 0.796. The van der Waals surface area contributed by atoms with Crippen molar-refractivity contribution < 1.29 is 14.7 Å². The lowest BCUT2D eigenvalue weighted by atomic mass is 9.74. The number of benzene rings is 1. The van der Waals surface area contributed by atoms with E-state index >= 15 is 0 Å². The topological polar surface area (TPSA) is 54.4 Å². The summed E-state index contributed by atoms with van der Waals surface area (Å²) in [6, 6.07) is 9.04. The number of Topliss-reactive ketones (excluding diaryl/α,β-unsaturated/α-hetero) is 1. The zero-order valence-electron chi connectivity index (χ0n) is 9.73. The predicted octanol–water partition coefficient (Wildman–Crippen LogP) is 2.47. The molecule has 0 aromatic heterocycles. The summed E-state index contributed by atoms with van der Waals surface area (Å²) in [6.07, 6.45) is 0. The van der Waals surface area contributed by atoms with E-state index in [9.17, 15) is 9.59 Å². The molecule has 0 aliphatic carbocycles. The van der Waals surface area contributed by atoms with Crippen LogP contribution in [0.3, 0.4) is 0 Å². The molecule has 0 aliphatic heterocycles. The molecule has 1 N–H and O–H groups in total. The highest BCUT2D eigenvalue weighted by molar-refractivity contribution is 6.35. The van der Waals surface area contributed by atoms with Crippen molar-refractivity contribution in [3.8, 4) is 0 Å². The molecule has 1 atom stereocenters. The van der Waals surface area contributed by atoms with Gasteiger partial charge >= 0.3 is 5.97 Å². The summed E-state index contributed by atoms with van der Waals surface area (Å²) in [7, 11) is 0. The molecule has 16 heavy (non-hydrogen) atoms. The first-order valence-corrected chi connectivity index (χ1v) is 5.16. The van der Waals surface area contributed by atoms with Crippen LogP contribution in [-0.4, -0.2) is 16.9 Å². The first-order chi connectivity index (χ1) is 7.34. The van der Waals surface area contributed by atoms with Crippen LogP contribution in [0, 0.1) is 5.41 Å². The Morgan fingerprint density at radius 3 is 2.00 bits per heavy atom. The average molecular weight is 220 g/mol. The highest BCUT2D eigenvalue weighted by Gasteiger charge is 2.36. The molecule has 0 heterocycles. The van der Waals surface area contributed by atoms with Gasteiger partial charge in [0.1, 0.15) is 0 Å². The molecule has 86 valence electrons. The van der Waals surface area contributed by atoms with E-state index < -0.39 is 23.1 Å². The van der Waals surface area contributed by atoms with Gasteiger partial charge in [0, 0.05) is 0 Å². The maximum absolute atomic E-state index is 11.7. The standard InChI is InChI=1S/C13H16O3/c1-13(2,3)10(11(14)12(15)16)9-7-5-4-6-8-9/h4-8,10H,1-3H3,(H,15,16). The Morgan fingerprint density at radius 1 is 1.12 bits per heavy atom. The molecule has 0 saturated heterocycles. The Hall–Kier alpha value is -1.64. The van der Waals surface area contributed by atoms with E-state index in [1.54, 1.807) is 12.1 Å². The van der Waals surface area contributed by atoms with Gasteiger partial charge in [0.25, 0.3) is 0 Å². The summed E-state index contributed by atoms with van der Waals surface area (Å²) in [5, 5.41) is 8.83. The molecule has 0 radical (unpaired) electrons. The molecule has 0 fully saturated rings. The molecule has 0 saturated carbocycles. The van der Waals surface area contributed by atoms with Crippen molar-refractivity contribution in [2.24, 2.45) is 5.41 Å². The van der Waals surface area contributed by atoms with Crippen LogP contribution in [0.2, 0.25) is 0 Å². The Kier molecular flexibility index (Phi) is 3.48. The van der Waals surface area contributed by atoms with Crippen LogP contribution in [0.4, 0.5) is 0 Å². The smallest absolute Gasteiger partial charge is 0.372 e. The lowest BCUT2D eigenvalue weighted by Crippen LogP contribution is -2.31. The molecular formula is C13H16O3. The van der Waals surface area contributed by atoms with Crippen molar-refractivity contribution in [1.82, 2.24) is 0 Å². The molecular weight excluding hydrogens is 204 g/mol. The van der Waals surface area contributed by atoms with Crippen molar-refractivity contribution in [1.29, 1.82) is 0 Å². The zero-order valence-corrected chi connectivity index (χ0v) is 9.73. The van der Waals surface area contributed by atoms with Crippen molar-refractivity contribution in [2.45, 2.75) is 26.7 Å². The van der Waals surface area contributed by atoms with Gasteiger partial charge < -0.3 is 5.11 Å². The van der Waals surface area contributed by atoms with E-state index in [4.69, 9.17) is 5.11 Å². The van der Waals surface area contributed by atoms with Crippen molar-refractivity contribution in [3.05, 3.63) is 35.9 Å². The number of carboxylic acid groups (broad SMARTS) is 1. The highest BCUT2D eigenvalue weighted by Crippen LogP contribution is 2.35. The normalized spacial score (nSPS) is 13.2. The second-order valence-corrected chi connectivity index (χ2v) is 4.88. The van der Waals surface area contributed by atoms with Gasteiger partial charge in [-0.3, -0.25) is 4.79 Å². The molecule has 3 heteroatoms. The van der Waals surface area contributed by atoms with Gasteiger partial charge in [-0.1, -0.05) is 51.1 Å². The van der Waals surface area contributed by atoms with Gasteiger partial charge in [-0.05, 0) is 11.0 Å². The largest absolute Gasteiger partial charge is 0.475 e.